The second-order valence-corrected chi connectivity index (χ2v) is 3.61. The number of hydrogen-bond donors (Lipinski definition) is 0. The van der Waals surface area contributed by atoms with Gasteiger partial charge in [0.2, 0.25) is 11.8 Å². The van der Waals surface area contributed by atoms with E-state index in [1.165, 1.54) is 0 Å². The van der Waals surface area contributed by atoms with Gasteiger partial charge in [-0.05, 0) is 6.92 Å². The first-order valence-corrected chi connectivity index (χ1v) is 5.02. The number of aryl methyl sites for hydroxylation is 1. The van der Waals surface area contributed by atoms with Crippen LogP contribution in [0, 0.1) is 18.3 Å². The Morgan fingerprint density at radius 2 is 2.00 bits per heavy atom. The second kappa shape index (κ2) is 5.31. The normalized spacial score (nSPS) is 10.0. The van der Waals surface area contributed by atoms with Crippen LogP contribution >= 0.6 is 0 Å². The van der Waals surface area contributed by atoms with Gasteiger partial charge in [-0.1, -0.05) is 13.8 Å². The first kappa shape index (κ1) is 12.2. The molecule has 1 aromatic heterocycles. The Kier molecular flexibility index (Phi) is 4.06. The molecule has 0 saturated heterocycles. The molecule has 0 amide bonds. The molecular formula is C11H15N3O2. The summed E-state index contributed by atoms with van der Waals surface area (Å²) in [6, 6.07) is 1.91. The van der Waals surface area contributed by atoms with Crippen LogP contribution in [-0.4, -0.2) is 23.7 Å². The summed E-state index contributed by atoms with van der Waals surface area (Å²) in [5.74, 6) is 1.07. The first-order chi connectivity index (χ1) is 7.60. The van der Waals surface area contributed by atoms with Crippen molar-refractivity contribution in [2.24, 2.45) is 0 Å². The predicted molar refractivity (Wildman–Crippen MR) is 58.5 cm³/mol. The maximum Gasteiger partial charge on any atom is 0.237 e. The van der Waals surface area contributed by atoms with E-state index >= 15 is 0 Å². The summed E-state index contributed by atoms with van der Waals surface area (Å²) in [6.07, 6.45) is 0. The third-order valence-corrected chi connectivity index (χ3v) is 2.03. The maximum absolute atomic E-state index is 8.48. The third kappa shape index (κ3) is 2.60. The SMILES string of the molecule is COc1nc(C(C)C)c(OCC#N)nc1C. The Balaban J connectivity index is 3.15. The lowest BCUT2D eigenvalue weighted by molar-refractivity contribution is 0.334. The Labute approximate surface area is 95.0 Å². The number of nitriles is 1. The number of nitrogens with zero attached hydrogens (tertiary/aromatic N) is 3. The van der Waals surface area contributed by atoms with Crippen LogP contribution in [0.5, 0.6) is 11.8 Å². The Morgan fingerprint density at radius 3 is 2.50 bits per heavy atom. The van der Waals surface area contributed by atoms with E-state index in [1.54, 1.807) is 14.0 Å². The maximum atomic E-state index is 8.48. The van der Waals surface area contributed by atoms with Crippen molar-refractivity contribution < 1.29 is 9.47 Å². The van der Waals surface area contributed by atoms with Crippen LogP contribution in [0.4, 0.5) is 0 Å². The molecule has 0 aliphatic carbocycles. The summed E-state index contributed by atoms with van der Waals surface area (Å²) in [7, 11) is 1.55. The minimum absolute atomic E-state index is 0.0276. The van der Waals surface area contributed by atoms with E-state index in [-0.39, 0.29) is 12.5 Å². The van der Waals surface area contributed by atoms with Gasteiger partial charge in [-0.2, -0.15) is 5.26 Å². The lowest BCUT2D eigenvalue weighted by Gasteiger charge is -2.13. The van der Waals surface area contributed by atoms with Crippen molar-refractivity contribution in [3.63, 3.8) is 0 Å². The summed E-state index contributed by atoms with van der Waals surface area (Å²) >= 11 is 0. The van der Waals surface area contributed by atoms with Gasteiger partial charge in [0.05, 0.1) is 7.11 Å². The zero-order chi connectivity index (χ0) is 12.1. The van der Waals surface area contributed by atoms with Gasteiger partial charge in [0.25, 0.3) is 0 Å². The molecule has 0 radical (unpaired) electrons. The van der Waals surface area contributed by atoms with Crippen LogP contribution in [0.3, 0.4) is 0 Å². The molecule has 0 aromatic carbocycles. The third-order valence-electron chi connectivity index (χ3n) is 2.03. The molecule has 0 fully saturated rings. The monoisotopic (exact) mass is 221 g/mol. The largest absolute Gasteiger partial charge is 0.480 e. The van der Waals surface area contributed by atoms with Gasteiger partial charge in [0, 0.05) is 5.92 Å². The summed E-state index contributed by atoms with van der Waals surface area (Å²) in [5.41, 5.74) is 1.36. The second-order valence-electron chi connectivity index (χ2n) is 3.61. The summed E-state index contributed by atoms with van der Waals surface area (Å²) in [4.78, 5) is 8.57. The van der Waals surface area contributed by atoms with Crippen LogP contribution < -0.4 is 9.47 Å². The molecule has 1 aromatic rings. The Bertz CT molecular complexity index is 410. The predicted octanol–water partition coefficient (Wildman–Crippen LogP) is 1.82. The highest BCUT2D eigenvalue weighted by atomic mass is 16.5. The van der Waals surface area contributed by atoms with E-state index in [9.17, 15) is 0 Å². The van der Waals surface area contributed by atoms with Gasteiger partial charge in [-0.15, -0.1) is 0 Å². The van der Waals surface area contributed by atoms with Crippen molar-refractivity contribution in [1.29, 1.82) is 5.26 Å². The minimum atomic E-state index is -0.0276. The molecule has 5 heteroatoms. The fourth-order valence-electron chi connectivity index (χ4n) is 1.27. The van der Waals surface area contributed by atoms with Crippen LogP contribution in [0.2, 0.25) is 0 Å². The van der Waals surface area contributed by atoms with Crippen LogP contribution in [-0.2, 0) is 0 Å². The molecule has 0 atom stereocenters. The van der Waals surface area contributed by atoms with Crippen molar-refractivity contribution in [1.82, 2.24) is 9.97 Å². The van der Waals surface area contributed by atoms with Crippen molar-refractivity contribution in [2.45, 2.75) is 26.7 Å². The fourth-order valence-corrected chi connectivity index (χ4v) is 1.27. The van der Waals surface area contributed by atoms with Crippen LogP contribution in [0.25, 0.3) is 0 Å². The molecule has 0 spiro atoms. The molecule has 0 unspecified atom stereocenters. The van der Waals surface area contributed by atoms with Gasteiger partial charge < -0.3 is 9.47 Å². The molecule has 5 nitrogen and oxygen atoms in total. The number of ether oxygens (including phenoxy) is 2. The molecule has 86 valence electrons. The van der Waals surface area contributed by atoms with Gasteiger partial charge >= 0.3 is 0 Å². The number of hydrogen-bond acceptors (Lipinski definition) is 5. The molecule has 16 heavy (non-hydrogen) atoms. The van der Waals surface area contributed by atoms with E-state index in [4.69, 9.17) is 14.7 Å². The van der Waals surface area contributed by atoms with E-state index in [0.29, 0.717) is 23.1 Å². The van der Waals surface area contributed by atoms with E-state index in [2.05, 4.69) is 9.97 Å². The van der Waals surface area contributed by atoms with Crippen molar-refractivity contribution in [3.05, 3.63) is 11.4 Å². The topological polar surface area (TPSA) is 68.0 Å². The highest BCUT2D eigenvalue weighted by molar-refractivity contribution is 5.30. The van der Waals surface area contributed by atoms with Crippen molar-refractivity contribution in [3.8, 4) is 17.8 Å². The number of rotatable bonds is 4. The number of methoxy groups -OCH3 is 1. The highest BCUT2D eigenvalue weighted by Crippen LogP contribution is 2.26. The Morgan fingerprint density at radius 1 is 1.31 bits per heavy atom. The van der Waals surface area contributed by atoms with Gasteiger partial charge in [-0.25, -0.2) is 9.97 Å². The van der Waals surface area contributed by atoms with Crippen LogP contribution in [0.1, 0.15) is 31.2 Å². The summed E-state index contributed by atoms with van der Waals surface area (Å²) in [5, 5.41) is 8.48. The lowest BCUT2D eigenvalue weighted by atomic mass is 10.1. The molecule has 0 bridgehead atoms. The average molecular weight is 221 g/mol. The molecule has 0 saturated carbocycles. The molecule has 0 N–H and O–H groups in total. The van der Waals surface area contributed by atoms with E-state index in [1.807, 2.05) is 19.9 Å². The first-order valence-electron chi connectivity index (χ1n) is 5.02. The smallest absolute Gasteiger partial charge is 0.237 e. The molecule has 1 rings (SSSR count). The van der Waals surface area contributed by atoms with Gasteiger partial charge in [0.1, 0.15) is 17.5 Å². The lowest BCUT2D eigenvalue weighted by Crippen LogP contribution is -2.07. The highest BCUT2D eigenvalue weighted by Gasteiger charge is 2.15. The minimum Gasteiger partial charge on any atom is -0.480 e. The summed E-state index contributed by atoms with van der Waals surface area (Å²) in [6.45, 7) is 5.73. The number of aromatic nitrogens is 2. The van der Waals surface area contributed by atoms with Gasteiger partial charge in [0.15, 0.2) is 6.61 Å². The summed E-state index contributed by atoms with van der Waals surface area (Å²) < 4.78 is 10.3. The van der Waals surface area contributed by atoms with E-state index in [0.717, 1.165) is 0 Å². The molecule has 0 aliphatic rings. The quantitative estimate of drug-likeness (QED) is 0.775. The molecule has 0 aliphatic heterocycles. The molecule has 1 heterocycles. The Hall–Kier alpha value is -1.83. The van der Waals surface area contributed by atoms with Crippen LogP contribution in [0.15, 0.2) is 0 Å². The zero-order valence-corrected chi connectivity index (χ0v) is 9.94. The van der Waals surface area contributed by atoms with Crippen molar-refractivity contribution in [2.75, 3.05) is 13.7 Å². The van der Waals surface area contributed by atoms with E-state index < -0.39 is 0 Å². The standard InChI is InChI=1S/C11H15N3O2/c1-7(2)9-11(16-6-5-12)13-8(3)10(14-9)15-4/h7H,6H2,1-4H3. The zero-order valence-electron chi connectivity index (χ0n) is 9.94. The van der Waals surface area contributed by atoms with Gasteiger partial charge in [-0.3, -0.25) is 0 Å². The molecular weight excluding hydrogens is 206 g/mol. The van der Waals surface area contributed by atoms with Crippen molar-refractivity contribution >= 4 is 0 Å². The fraction of sp³-hybridized carbons (Fsp3) is 0.545. The average Bonchev–Trinajstić information content (AvgIpc) is 2.25.